The molecule has 8 heteroatoms. The highest BCUT2D eigenvalue weighted by atomic mass is 32.1. The van der Waals surface area contributed by atoms with Crippen LogP contribution in [0.25, 0.3) is 11.3 Å². The van der Waals surface area contributed by atoms with Crippen molar-refractivity contribution in [2.75, 3.05) is 10.6 Å². The minimum absolute atomic E-state index is 0.0287. The molecule has 0 unspecified atom stereocenters. The van der Waals surface area contributed by atoms with Crippen molar-refractivity contribution >= 4 is 39.9 Å². The Bertz CT molecular complexity index is 1020. The topological polar surface area (TPSA) is 95.5 Å². The van der Waals surface area contributed by atoms with E-state index in [2.05, 4.69) is 25.9 Å². The highest BCUT2D eigenvalue weighted by molar-refractivity contribution is 7.14. The van der Waals surface area contributed by atoms with Crippen LogP contribution in [0.3, 0.4) is 0 Å². The summed E-state index contributed by atoms with van der Waals surface area (Å²) in [4.78, 5) is 33.1. The van der Waals surface area contributed by atoms with E-state index in [1.54, 1.807) is 12.1 Å². The van der Waals surface area contributed by atoms with Crippen LogP contribution < -0.4 is 16.0 Å². The summed E-state index contributed by atoms with van der Waals surface area (Å²) in [6.45, 7) is 0. The number of hydrogen-bond acceptors (Lipinski definition) is 6. The molecule has 0 saturated carbocycles. The molecule has 1 aliphatic heterocycles. The molecule has 7 nitrogen and oxygen atoms in total. The van der Waals surface area contributed by atoms with Gasteiger partial charge in [0.05, 0.1) is 12.1 Å². The van der Waals surface area contributed by atoms with Gasteiger partial charge in [-0.2, -0.15) is 0 Å². The minimum atomic E-state index is -0.764. The molecule has 1 aliphatic rings. The standard InChI is InChI=1S/C20H17N5O2S/c26-17(21-14-9-5-2-6-10-14)11-15-18(27)24-19(22-15)25-20-23-16(12-28-20)13-7-3-1-4-8-13/h1-10,12,15H,11H2,(H,21,26)(H2,22,23,24,25,27)/t15-/m1/s1. The fourth-order valence-corrected chi connectivity index (χ4v) is 3.45. The lowest BCUT2D eigenvalue weighted by Crippen LogP contribution is -2.33. The minimum Gasteiger partial charge on any atom is -0.326 e. The van der Waals surface area contributed by atoms with Crippen LogP contribution in [0, 0.1) is 0 Å². The molecule has 2 aromatic carbocycles. The van der Waals surface area contributed by atoms with Crippen LogP contribution >= 0.6 is 11.3 Å². The first-order chi connectivity index (χ1) is 13.7. The number of thiazole rings is 1. The molecule has 0 radical (unpaired) electrons. The molecule has 0 fully saturated rings. The Morgan fingerprint density at radius 1 is 1.07 bits per heavy atom. The van der Waals surface area contributed by atoms with Gasteiger partial charge in [-0.15, -0.1) is 11.3 Å². The van der Waals surface area contributed by atoms with Crippen molar-refractivity contribution in [3.05, 3.63) is 66.0 Å². The summed E-state index contributed by atoms with van der Waals surface area (Å²) in [5.41, 5.74) is 2.54. The smallest absolute Gasteiger partial charge is 0.252 e. The molecule has 2 amide bonds. The molecule has 0 bridgehead atoms. The van der Waals surface area contributed by atoms with Gasteiger partial charge in [0.2, 0.25) is 11.9 Å². The molecule has 0 aliphatic carbocycles. The van der Waals surface area contributed by atoms with Gasteiger partial charge in [0.25, 0.3) is 5.91 Å². The van der Waals surface area contributed by atoms with Gasteiger partial charge in [-0.1, -0.05) is 48.5 Å². The molecule has 1 atom stereocenters. The van der Waals surface area contributed by atoms with Crippen molar-refractivity contribution < 1.29 is 9.59 Å². The Labute approximate surface area is 165 Å². The van der Waals surface area contributed by atoms with Gasteiger partial charge >= 0.3 is 0 Å². The normalized spacial score (nSPS) is 15.6. The van der Waals surface area contributed by atoms with E-state index in [-0.39, 0.29) is 18.2 Å². The molecular weight excluding hydrogens is 374 g/mol. The monoisotopic (exact) mass is 391 g/mol. The second-order valence-electron chi connectivity index (χ2n) is 6.13. The third-order valence-electron chi connectivity index (χ3n) is 4.06. The molecule has 1 aromatic heterocycles. The number of nitrogens with zero attached hydrogens (tertiary/aromatic N) is 2. The molecular formula is C20H17N5O2S. The Morgan fingerprint density at radius 3 is 2.54 bits per heavy atom. The zero-order valence-electron chi connectivity index (χ0n) is 14.8. The first-order valence-electron chi connectivity index (χ1n) is 8.69. The second-order valence-corrected chi connectivity index (χ2v) is 6.99. The molecule has 2 heterocycles. The van der Waals surface area contributed by atoms with E-state index < -0.39 is 6.04 Å². The van der Waals surface area contributed by atoms with E-state index in [0.29, 0.717) is 16.8 Å². The fraction of sp³-hybridized carbons (Fsp3) is 0.100. The summed E-state index contributed by atoms with van der Waals surface area (Å²) in [6, 6.07) is 18.2. The van der Waals surface area contributed by atoms with E-state index in [1.165, 1.54) is 11.3 Å². The SMILES string of the molecule is O=C(C[C@H]1N=C(Nc2nc(-c3ccccc3)cs2)NC1=O)Nc1ccccc1. The Kier molecular flexibility index (Phi) is 5.11. The number of aliphatic imine (C=N–C) groups is 1. The van der Waals surface area contributed by atoms with Crippen molar-refractivity contribution in [2.45, 2.75) is 12.5 Å². The number of benzene rings is 2. The number of aromatic nitrogens is 1. The van der Waals surface area contributed by atoms with Gasteiger partial charge in [-0.05, 0) is 12.1 Å². The average Bonchev–Trinajstić information content (AvgIpc) is 3.30. The highest BCUT2D eigenvalue weighted by Crippen LogP contribution is 2.24. The van der Waals surface area contributed by atoms with Crippen LogP contribution in [-0.2, 0) is 9.59 Å². The van der Waals surface area contributed by atoms with Gasteiger partial charge in [0.1, 0.15) is 6.04 Å². The number of carbonyl (C=O) groups is 2. The maximum atomic E-state index is 12.1. The molecule has 4 rings (SSSR count). The molecule has 28 heavy (non-hydrogen) atoms. The summed E-state index contributed by atoms with van der Waals surface area (Å²) in [7, 11) is 0. The number of hydrogen-bond donors (Lipinski definition) is 3. The zero-order valence-corrected chi connectivity index (χ0v) is 15.6. The van der Waals surface area contributed by atoms with E-state index in [9.17, 15) is 9.59 Å². The maximum Gasteiger partial charge on any atom is 0.252 e. The van der Waals surface area contributed by atoms with Crippen LogP contribution in [0.1, 0.15) is 6.42 Å². The number of para-hydroxylation sites is 1. The number of rotatable bonds is 5. The number of guanidine groups is 1. The molecule has 3 N–H and O–H groups in total. The largest absolute Gasteiger partial charge is 0.326 e. The summed E-state index contributed by atoms with van der Waals surface area (Å²) < 4.78 is 0. The maximum absolute atomic E-state index is 12.1. The Balaban J connectivity index is 1.38. The zero-order chi connectivity index (χ0) is 19.3. The van der Waals surface area contributed by atoms with E-state index in [0.717, 1.165) is 11.3 Å². The predicted molar refractivity (Wildman–Crippen MR) is 110 cm³/mol. The summed E-state index contributed by atoms with van der Waals surface area (Å²) >= 11 is 1.42. The Hall–Kier alpha value is -3.52. The van der Waals surface area contributed by atoms with Gasteiger partial charge in [-0.25, -0.2) is 9.98 Å². The molecule has 140 valence electrons. The third-order valence-corrected chi connectivity index (χ3v) is 4.82. The lowest BCUT2D eigenvalue weighted by atomic mass is 10.2. The van der Waals surface area contributed by atoms with Gasteiger partial charge in [-0.3, -0.25) is 14.9 Å². The fourth-order valence-electron chi connectivity index (χ4n) is 2.73. The number of anilines is 2. The van der Waals surface area contributed by atoms with Crippen molar-refractivity contribution in [1.29, 1.82) is 0 Å². The average molecular weight is 391 g/mol. The van der Waals surface area contributed by atoms with Crippen molar-refractivity contribution in [3.8, 4) is 11.3 Å². The van der Waals surface area contributed by atoms with Gasteiger partial charge in [0.15, 0.2) is 5.13 Å². The molecule has 0 saturated heterocycles. The van der Waals surface area contributed by atoms with Gasteiger partial charge in [0, 0.05) is 16.6 Å². The summed E-state index contributed by atoms with van der Waals surface area (Å²) in [5.74, 6) is -0.279. The van der Waals surface area contributed by atoms with Crippen molar-refractivity contribution in [1.82, 2.24) is 10.3 Å². The first-order valence-corrected chi connectivity index (χ1v) is 9.57. The second kappa shape index (κ2) is 8.01. The van der Waals surface area contributed by atoms with E-state index >= 15 is 0 Å². The van der Waals surface area contributed by atoms with E-state index in [4.69, 9.17) is 0 Å². The highest BCUT2D eigenvalue weighted by Gasteiger charge is 2.29. The van der Waals surface area contributed by atoms with Crippen LogP contribution in [-0.4, -0.2) is 28.8 Å². The quantitative estimate of drug-likeness (QED) is 0.623. The number of amides is 2. The van der Waals surface area contributed by atoms with E-state index in [1.807, 2.05) is 53.9 Å². The van der Waals surface area contributed by atoms with Crippen LogP contribution in [0.2, 0.25) is 0 Å². The summed E-state index contributed by atoms with van der Waals surface area (Å²) in [5, 5.41) is 11.0. The molecule has 3 aromatic rings. The van der Waals surface area contributed by atoms with Gasteiger partial charge < -0.3 is 10.6 Å². The van der Waals surface area contributed by atoms with Crippen LogP contribution in [0.4, 0.5) is 10.8 Å². The van der Waals surface area contributed by atoms with Crippen molar-refractivity contribution in [3.63, 3.8) is 0 Å². The predicted octanol–water partition coefficient (Wildman–Crippen LogP) is 3.11. The number of nitrogens with one attached hydrogen (secondary N) is 3. The Morgan fingerprint density at radius 2 is 1.79 bits per heavy atom. The lowest BCUT2D eigenvalue weighted by Gasteiger charge is -2.06. The lowest BCUT2D eigenvalue weighted by molar-refractivity contribution is -0.123. The van der Waals surface area contributed by atoms with Crippen LogP contribution in [0.15, 0.2) is 71.0 Å². The molecule has 0 spiro atoms. The first kappa shape index (κ1) is 17.9. The van der Waals surface area contributed by atoms with Crippen molar-refractivity contribution in [2.24, 2.45) is 4.99 Å². The number of carbonyl (C=O) groups excluding carboxylic acids is 2. The third kappa shape index (κ3) is 4.24. The summed E-state index contributed by atoms with van der Waals surface area (Å²) in [6.07, 6.45) is -0.0287. The van der Waals surface area contributed by atoms with Crippen LogP contribution in [0.5, 0.6) is 0 Å².